The number of benzene rings is 1. The molecule has 0 radical (unpaired) electrons. The SMILES string of the molecule is CCCCCn1c(=NC(=O)c2ccccc2C)c(C#N)cc2c(=O)n3ccccc3nc21. The van der Waals surface area contributed by atoms with Gasteiger partial charge < -0.3 is 4.57 Å². The van der Waals surface area contributed by atoms with Gasteiger partial charge in [0.25, 0.3) is 11.5 Å². The van der Waals surface area contributed by atoms with E-state index in [-0.39, 0.29) is 16.6 Å². The number of carbonyl (C=O) groups excluding carboxylic acids is 1. The van der Waals surface area contributed by atoms with E-state index in [0.717, 1.165) is 24.8 Å². The normalized spacial score (nSPS) is 11.7. The maximum absolute atomic E-state index is 13.1. The van der Waals surface area contributed by atoms with Gasteiger partial charge in [-0.15, -0.1) is 0 Å². The zero-order valence-electron chi connectivity index (χ0n) is 18.1. The first-order valence-electron chi connectivity index (χ1n) is 10.6. The number of pyridine rings is 2. The van der Waals surface area contributed by atoms with Crippen LogP contribution in [0.4, 0.5) is 0 Å². The van der Waals surface area contributed by atoms with E-state index < -0.39 is 5.91 Å². The summed E-state index contributed by atoms with van der Waals surface area (Å²) in [5.41, 5.74) is 2.34. The second-order valence-electron chi connectivity index (χ2n) is 7.67. The topological polar surface area (TPSA) is 92.5 Å². The van der Waals surface area contributed by atoms with Crippen LogP contribution in [0.1, 0.15) is 47.7 Å². The van der Waals surface area contributed by atoms with Crippen LogP contribution in [0.25, 0.3) is 16.7 Å². The van der Waals surface area contributed by atoms with Crippen LogP contribution < -0.4 is 11.0 Å². The van der Waals surface area contributed by atoms with Gasteiger partial charge in [-0.25, -0.2) is 4.98 Å². The molecule has 0 aliphatic carbocycles. The van der Waals surface area contributed by atoms with E-state index in [2.05, 4.69) is 18.0 Å². The molecular formula is C25H23N5O2. The lowest BCUT2D eigenvalue weighted by Gasteiger charge is -2.13. The van der Waals surface area contributed by atoms with Gasteiger partial charge in [0.15, 0.2) is 5.49 Å². The van der Waals surface area contributed by atoms with E-state index in [9.17, 15) is 14.9 Å². The molecule has 0 aliphatic rings. The first-order chi connectivity index (χ1) is 15.5. The fourth-order valence-corrected chi connectivity index (χ4v) is 3.78. The molecule has 0 N–H and O–H groups in total. The van der Waals surface area contributed by atoms with Crippen molar-refractivity contribution in [3.8, 4) is 6.07 Å². The molecular weight excluding hydrogens is 402 g/mol. The molecule has 32 heavy (non-hydrogen) atoms. The molecule has 0 bridgehead atoms. The minimum Gasteiger partial charge on any atom is -0.309 e. The van der Waals surface area contributed by atoms with Crippen molar-refractivity contribution < 1.29 is 4.79 Å². The van der Waals surface area contributed by atoms with E-state index in [1.807, 2.05) is 25.1 Å². The summed E-state index contributed by atoms with van der Waals surface area (Å²) in [6.45, 7) is 4.44. The van der Waals surface area contributed by atoms with Crippen LogP contribution in [0, 0.1) is 18.3 Å². The summed E-state index contributed by atoms with van der Waals surface area (Å²) in [4.78, 5) is 35.2. The minimum atomic E-state index is -0.430. The highest BCUT2D eigenvalue weighted by Crippen LogP contribution is 2.13. The molecule has 7 nitrogen and oxygen atoms in total. The van der Waals surface area contributed by atoms with Crippen LogP contribution in [0.5, 0.6) is 0 Å². The van der Waals surface area contributed by atoms with Gasteiger partial charge >= 0.3 is 0 Å². The molecule has 0 saturated heterocycles. The lowest BCUT2D eigenvalue weighted by atomic mass is 10.1. The van der Waals surface area contributed by atoms with Crippen LogP contribution in [0.15, 0.2) is 64.5 Å². The van der Waals surface area contributed by atoms with Gasteiger partial charge in [0.1, 0.15) is 17.4 Å². The van der Waals surface area contributed by atoms with Gasteiger partial charge in [-0.2, -0.15) is 10.3 Å². The van der Waals surface area contributed by atoms with E-state index >= 15 is 0 Å². The lowest BCUT2D eigenvalue weighted by Crippen LogP contribution is -2.29. The molecule has 0 atom stereocenters. The standard InChI is InChI=1S/C25H23N5O2/c1-3-4-8-14-30-22(28-24(31)19-11-6-5-10-17(19)2)18(16-26)15-20-23(30)27-21-12-7-9-13-29(21)25(20)32/h5-7,9-13,15H,3-4,8,14H2,1-2H3. The third-order valence-electron chi connectivity index (χ3n) is 5.48. The smallest absolute Gasteiger partial charge is 0.279 e. The highest BCUT2D eigenvalue weighted by atomic mass is 16.1. The van der Waals surface area contributed by atoms with Crippen LogP contribution in [0.3, 0.4) is 0 Å². The van der Waals surface area contributed by atoms with E-state index in [1.54, 1.807) is 35.0 Å². The summed E-state index contributed by atoms with van der Waals surface area (Å²) < 4.78 is 3.20. The maximum atomic E-state index is 13.1. The zero-order chi connectivity index (χ0) is 22.7. The average molecular weight is 425 g/mol. The summed E-state index contributed by atoms with van der Waals surface area (Å²) in [6, 6.07) is 16.1. The number of aromatic nitrogens is 3. The number of nitriles is 1. The molecule has 160 valence electrons. The van der Waals surface area contributed by atoms with Crippen LogP contribution >= 0.6 is 0 Å². The van der Waals surface area contributed by atoms with E-state index in [0.29, 0.717) is 28.8 Å². The fourth-order valence-electron chi connectivity index (χ4n) is 3.78. The number of fused-ring (bicyclic) bond motifs is 2. The number of rotatable bonds is 5. The van der Waals surface area contributed by atoms with Crippen molar-refractivity contribution >= 4 is 22.6 Å². The Labute approximate surface area is 184 Å². The molecule has 3 heterocycles. The summed E-state index contributed by atoms with van der Waals surface area (Å²) in [6.07, 6.45) is 4.42. The van der Waals surface area contributed by atoms with Crippen molar-refractivity contribution in [1.29, 1.82) is 5.26 Å². The average Bonchev–Trinajstić information content (AvgIpc) is 2.80. The predicted octanol–water partition coefficient (Wildman–Crippen LogP) is 3.76. The highest BCUT2D eigenvalue weighted by molar-refractivity contribution is 5.96. The second kappa shape index (κ2) is 8.98. The number of hydrogen-bond acceptors (Lipinski definition) is 4. The first-order valence-corrected chi connectivity index (χ1v) is 10.6. The van der Waals surface area contributed by atoms with Crippen molar-refractivity contribution in [3.05, 3.63) is 87.3 Å². The van der Waals surface area contributed by atoms with Gasteiger partial charge in [-0.1, -0.05) is 44.0 Å². The molecule has 0 aliphatic heterocycles. The Hall–Kier alpha value is -4.05. The van der Waals surface area contributed by atoms with Crippen LogP contribution in [-0.2, 0) is 6.54 Å². The molecule has 4 rings (SSSR count). The van der Waals surface area contributed by atoms with Crippen molar-refractivity contribution in [3.63, 3.8) is 0 Å². The summed E-state index contributed by atoms with van der Waals surface area (Å²) in [5, 5.41) is 10.2. The number of carbonyl (C=O) groups is 1. The Kier molecular flexibility index (Phi) is 5.95. The Morgan fingerprint density at radius 3 is 2.69 bits per heavy atom. The molecule has 0 fully saturated rings. The molecule has 0 saturated carbocycles. The lowest BCUT2D eigenvalue weighted by molar-refractivity contribution is 0.0996. The number of unbranched alkanes of at least 4 members (excludes halogenated alkanes) is 2. The van der Waals surface area contributed by atoms with Crippen molar-refractivity contribution in [2.45, 2.75) is 39.7 Å². The van der Waals surface area contributed by atoms with Gasteiger partial charge in [0.05, 0.1) is 10.9 Å². The third kappa shape index (κ3) is 3.83. The Bertz CT molecular complexity index is 1510. The predicted molar refractivity (Wildman–Crippen MR) is 122 cm³/mol. The van der Waals surface area contributed by atoms with Crippen LogP contribution in [0.2, 0.25) is 0 Å². The quantitative estimate of drug-likeness (QED) is 0.359. The van der Waals surface area contributed by atoms with Crippen molar-refractivity contribution in [2.24, 2.45) is 4.99 Å². The molecule has 1 amide bonds. The zero-order valence-corrected chi connectivity index (χ0v) is 18.1. The molecule has 1 aromatic carbocycles. The van der Waals surface area contributed by atoms with Gasteiger partial charge in [-0.3, -0.25) is 14.0 Å². The molecule has 3 aromatic heterocycles. The van der Waals surface area contributed by atoms with E-state index in [4.69, 9.17) is 4.98 Å². The monoisotopic (exact) mass is 425 g/mol. The number of amides is 1. The largest absolute Gasteiger partial charge is 0.309 e. The molecule has 0 unspecified atom stereocenters. The van der Waals surface area contributed by atoms with E-state index in [1.165, 1.54) is 10.5 Å². The van der Waals surface area contributed by atoms with Gasteiger partial charge in [-0.05, 0) is 43.2 Å². The molecule has 0 spiro atoms. The summed E-state index contributed by atoms with van der Waals surface area (Å²) in [7, 11) is 0. The fraction of sp³-hybridized carbons (Fsp3) is 0.240. The Morgan fingerprint density at radius 1 is 1.16 bits per heavy atom. The Balaban J connectivity index is 2.06. The maximum Gasteiger partial charge on any atom is 0.279 e. The van der Waals surface area contributed by atoms with Gasteiger partial charge in [0.2, 0.25) is 0 Å². The number of nitrogens with zero attached hydrogens (tertiary/aromatic N) is 5. The number of hydrogen-bond donors (Lipinski definition) is 0. The number of aryl methyl sites for hydroxylation is 2. The third-order valence-corrected chi connectivity index (χ3v) is 5.48. The van der Waals surface area contributed by atoms with Gasteiger partial charge in [0, 0.05) is 18.3 Å². The van der Waals surface area contributed by atoms with Crippen molar-refractivity contribution in [1.82, 2.24) is 14.0 Å². The second-order valence-corrected chi connectivity index (χ2v) is 7.67. The summed E-state index contributed by atoms with van der Waals surface area (Å²) in [5.74, 6) is -0.430. The van der Waals surface area contributed by atoms with Crippen molar-refractivity contribution in [2.75, 3.05) is 0 Å². The minimum absolute atomic E-state index is 0.172. The molecule has 4 aromatic rings. The first kappa shape index (κ1) is 21.2. The highest BCUT2D eigenvalue weighted by Gasteiger charge is 2.16. The molecule has 7 heteroatoms. The van der Waals surface area contributed by atoms with Crippen LogP contribution in [-0.4, -0.2) is 19.9 Å². The summed E-state index contributed by atoms with van der Waals surface area (Å²) >= 11 is 0. The Morgan fingerprint density at radius 2 is 1.94 bits per heavy atom.